The predicted molar refractivity (Wildman–Crippen MR) is 160 cm³/mol. The van der Waals surface area contributed by atoms with E-state index in [2.05, 4.69) is 15.4 Å². The lowest BCUT2D eigenvalue weighted by molar-refractivity contribution is 0.0276. The van der Waals surface area contributed by atoms with Crippen LogP contribution in [0.4, 0.5) is 14.4 Å². The van der Waals surface area contributed by atoms with E-state index >= 15 is 0 Å². The van der Waals surface area contributed by atoms with Gasteiger partial charge in [-0.1, -0.05) is 55.8 Å². The summed E-state index contributed by atoms with van der Waals surface area (Å²) in [5, 5.41) is 6.36. The van der Waals surface area contributed by atoms with Crippen molar-refractivity contribution in [3.05, 3.63) is 34.9 Å². The highest BCUT2D eigenvalue weighted by atomic mass is 35.5. The van der Waals surface area contributed by atoms with E-state index in [1.54, 1.807) is 30.0 Å². The topological polar surface area (TPSA) is 109 Å². The Hall–Kier alpha value is -2.72. The van der Waals surface area contributed by atoms with Crippen LogP contribution in [0.25, 0.3) is 0 Å². The molecular weight excluding hydrogens is 548 g/mol. The Kier molecular flexibility index (Phi) is 14.5. The highest BCUT2D eigenvalue weighted by Gasteiger charge is 2.27. The van der Waals surface area contributed by atoms with Gasteiger partial charge >= 0.3 is 18.2 Å². The molecule has 2 rings (SSSR count). The minimum Gasteiger partial charge on any atom is -0.453 e. The molecule has 1 aliphatic carbocycles. The quantitative estimate of drug-likeness (QED) is 0.271. The van der Waals surface area contributed by atoms with E-state index in [1.807, 2.05) is 39.0 Å². The van der Waals surface area contributed by atoms with Gasteiger partial charge in [-0.05, 0) is 57.2 Å². The summed E-state index contributed by atoms with van der Waals surface area (Å²) in [5.41, 5.74) is 0.295. The third-order valence-electron chi connectivity index (χ3n) is 7.04. The average Bonchev–Trinajstić information content (AvgIpc) is 2.91. The first kappa shape index (κ1) is 34.5. The number of methoxy groups -OCH3 is 1. The number of halogens is 1. The fraction of sp³-hybridized carbons (Fsp3) is 0.700. The normalized spacial score (nSPS) is 15.4. The van der Waals surface area contributed by atoms with E-state index in [-0.39, 0.29) is 31.3 Å². The molecule has 0 radical (unpaired) electrons. The number of ether oxygens (including phenoxy) is 3. The fourth-order valence-corrected chi connectivity index (χ4v) is 5.12. The van der Waals surface area contributed by atoms with Gasteiger partial charge in [-0.3, -0.25) is 0 Å². The molecule has 0 aromatic heterocycles. The predicted octanol–water partition coefficient (Wildman–Crippen LogP) is 5.99. The first-order chi connectivity index (χ1) is 19.4. The van der Waals surface area contributed by atoms with E-state index in [1.165, 1.54) is 26.4 Å². The maximum Gasteiger partial charge on any atom is 0.410 e. The SMILES string of the molecule is COC(=O)NCCO[C@H](CCN(C)C(=O)N[C@@H](CC1CCCCC1)CN(C)C(=O)OC(C)(C)C)c1cccc(Cl)c1. The molecule has 1 aromatic rings. The maximum atomic E-state index is 13.3. The van der Waals surface area contributed by atoms with Crippen LogP contribution in [-0.4, -0.2) is 87.1 Å². The van der Waals surface area contributed by atoms with Crippen LogP contribution in [0.3, 0.4) is 0 Å². The number of carbonyl (C=O) groups excluding carboxylic acids is 3. The molecule has 2 atom stereocenters. The highest BCUT2D eigenvalue weighted by Crippen LogP contribution is 2.28. The molecule has 2 N–H and O–H groups in total. The molecule has 41 heavy (non-hydrogen) atoms. The lowest BCUT2D eigenvalue weighted by Gasteiger charge is -2.32. The van der Waals surface area contributed by atoms with Crippen molar-refractivity contribution in [3.63, 3.8) is 0 Å². The number of alkyl carbamates (subject to hydrolysis) is 1. The largest absolute Gasteiger partial charge is 0.453 e. The molecule has 232 valence electrons. The van der Waals surface area contributed by atoms with E-state index in [0.717, 1.165) is 24.8 Å². The minimum atomic E-state index is -0.593. The summed E-state index contributed by atoms with van der Waals surface area (Å²) in [7, 11) is 4.76. The molecule has 10 nitrogen and oxygen atoms in total. The summed E-state index contributed by atoms with van der Waals surface area (Å²) >= 11 is 6.22. The third-order valence-corrected chi connectivity index (χ3v) is 7.27. The zero-order valence-corrected chi connectivity index (χ0v) is 26.3. The Morgan fingerprint density at radius 1 is 1.10 bits per heavy atom. The number of nitrogens with zero attached hydrogens (tertiary/aromatic N) is 2. The maximum absolute atomic E-state index is 13.3. The number of carbonyl (C=O) groups is 3. The smallest absolute Gasteiger partial charge is 0.410 e. The third kappa shape index (κ3) is 13.7. The number of hydrogen-bond donors (Lipinski definition) is 2. The standard InChI is InChI=1S/C30H49ClN4O6/c1-30(2,3)41-29(38)35(5)21-25(19-22-11-8-7-9-12-22)33-27(36)34(4)17-15-26(23-13-10-14-24(31)20-23)40-18-16-32-28(37)39-6/h10,13-14,20,22,25-26H,7-9,11-12,15-19,21H2,1-6H3,(H,32,37)(H,33,36)/t25-,26+/m0/s1. The lowest BCUT2D eigenvalue weighted by atomic mass is 9.84. The first-order valence-electron chi connectivity index (χ1n) is 14.5. The average molecular weight is 597 g/mol. The van der Waals surface area contributed by atoms with Gasteiger partial charge in [0.15, 0.2) is 0 Å². The van der Waals surface area contributed by atoms with Gasteiger partial charge in [0.2, 0.25) is 0 Å². The van der Waals surface area contributed by atoms with Crippen molar-refractivity contribution in [1.29, 1.82) is 0 Å². The second kappa shape index (κ2) is 17.3. The Morgan fingerprint density at radius 2 is 1.80 bits per heavy atom. The number of hydrogen-bond acceptors (Lipinski definition) is 6. The van der Waals surface area contributed by atoms with Gasteiger partial charge < -0.3 is 34.6 Å². The number of amides is 4. The van der Waals surface area contributed by atoms with Crippen LogP contribution in [0, 0.1) is 5.92 Å². The van der Waals surface area contributed by atoms with Crippen molar-refractivity contribution >= 4 is 29.8 Å². The molecule has 0 bridgehead atoms. The van der Waals surface area contributed by atoms with Crippen LogP contribution in [0.15, 0.2) is 24.3 Å². The minimum absolute atomic E-state index is 0.199. The molecule has 1 aliphatic rings. The molecule has 11 heteroatoms. The van der Waals surface area contributed by atoms with Crippen LogP contribution in [0.2, 0.25) is 5.02 Å². The monoisotopic (exact) mass is 596 g/mol. The van der Waals surface area contributed by atoms with E-state index < -0.39 is 17.8 Å². The van der Waals surface area contributed by atoms with Gasteiger partial charge in [0, 0.05) is 44.8 Å². The number of likely N-dealkylation sites (N-methyl/N-ethyl adjacent to an activating group) is 1. The Bertz CT molecular complexity index is 967. The van der Waals surface area contributed by atoms with Gasteiger partial charge in [-0.25, -0.2) is 14.4 Å². The summed E-state index contributed by atoms with van der Waals surface area (Å²) in [6.45, 7) is 6.86. The fourth-order valence-electron chi connectivity index (χ4n) is 4.93. The zero-order valence-electron chi connectivity index (χ0n) is 25.5. The van der Waals surface area contributed by atoms with E-state index in [4.69, 9.17) is 21.1 Å². The zero-order chi connectivity index (χ0) is 30.4. The number of benzene rings is 1. The summed E-state index contributed by atoms with van der Waals surface area (Å²) in [6, 6.07) is 7.01. The second-order valence-electron chi connectivity index (χ2n) is 11.8. The second-order valence-corrected chi connectivity index (χ2v) is 12.2. The highest BCUT2D eigenvalue weighted by molar-refractivity contribution is 6.30. The lowest BCUT2D eigenvalue weighted by Crippen LogP contribution is -2.50. The molecule has 0 aliphatic heterocycles. The molecule has 0 spiro atoms. The first-order valence-corrected chi connectivity index (χ1v) is 14.9. The van der Waals surface area contributed by atoms with Crippen molar-refractivity contribution in [2.45, 2.75) is 83.5 Å². The van der Waals surface area contributed by atoms with Crippen LogP contribution < -0.4 is 10.6 Å². The summed E-state index contributed by atoms with van der Waals surface area (Å²) in [5.74, 6) is 0.519. The van der Waals surface area contributed by atoms with Crippen LogP contribution in [0.5, 0.6) is 0 Å². The molecule has 0 saturated heterocycles. The van der Waals surface area contributed by atoms with E-state index in [0.29, 0.717) is 30.5 Å². The molecule has 0 heterocycles. The summed E-state index contributed by atoms with van der Waals surface area (Å²) in [6.07, 6.45) is 6.01. The van der Waals surface area contributed by atoms with Gasteiger partial charge in [0.05, 0.1) is 19.8 Å². The number of urea groups is 1. The number of nitrogens with one attached hydrogen (secondary N) is 2. The molecule has 1 fully saturated rings. The van der Waals surface area contributed by atoms with Crippen molar-refractivity contribution in [1.82, 2.24) is 20.4 Å². The Labute approximate surface area is 250 Å². The van der Waals surface area contributed by atoms with Crippen molar-refractivity contribution in [2.75, 3.05) is 47.4 Å². The molecule has 4 amide bonds. The molecule has 0 unspecified atom stereocenters. The van der Waals surface area contributed by atoms with Gasteiger partial charge in [-0.2, -0.15) is 0 Å². The van der Waals surface area contributed by atoms with Gasteiger partial charge in [0.1, 0.15) is 5.60 Å². The van der Waals surface area contributed by atoms with Crippen LogP contribution in [-0.2, 0) is 14.2 Å². The van der Waals surface area contributed by atoms with E-state index in [9.17, 15) is 14.4 Å². The molecule has 1 aromatic carbocycles. The molecule has 1 saturated carbocycles. The Balaban J connectivity index is 2.01. The molecular formula is C30H49ClN4O6. The van der Waals surface area contributed by atoms with Crippen molar-refractivity contribution in [3.8, 4) is 0 Å². The van der Waals surface area contributed by atoms with Gasteiger partial charge in [-0.15, -0.1) is 0 Å². The van der Waals surface area contributed by atoms with Crippen molar-refractivity contribution in [2.24, 2.45) is 5.92 Å². The summed E-state index contributed by atoms with van der Waals surface area (Å²) < 4.78 is 16.2. The Morgan fingerprint density at radius 3 is 2.44 bits per heavy atom. The van der Waals surface area contributed by atoms with Crippen LogP contribution in [0.1, 0.15) is 77.4 Å². The number of rotatable bonds is 13. The summed E-state index contributed by atoms with van der Waals surface area (Å²) in [4.78, 5) is 40.5. The van der Waals surface area contributed by atoms with Crippen molar-refractivity contribution < 1.29 is 28.6 Å². The van der Waals surface area contributed by atoms with Crippen LogP contribution >= 0.6 is 11.6 Å². The van der Waals surface area contributed by atoms with Gasteiger partial charge in [0.25, 0.3) is 0 Å².